The highest BCUT2D eigenvalue weighted by atomic mass is 16.5. The Morgan fingerprint density at radius 3 is 2.90 bits per heavy atom. The van der Waals surface area contributed by atoms with Crippen LogP contribution in [0.5, 0.6) is 5.75 Å². The van der Waals surface area contributed by atoms with E-state index in [4.69, 9.17) is 10.5 Å². The van der Waals surface area contributed by atoms with Crippen LogP contribution in [0.4, 0.5) is 5.69 Å². The van der Waals surface area contributed by atoms with Crippen molar-refractivity contribution in [2.24, 2.45) is 0 Å². The van der Waals surface area contributed by atoms with E-state index in [0.29, 0.717) is 36.5 Å². The van der Waals surface area contributed by atoms with Gasteiger partial charge in [-0.2, -0.15) is 0 Å². The van der Waals surface area contributed by atoms with Gasteiger partial charge in [0.2, 0.25) is 5.91 Å². The number of nitrogens with two attached hydrogens (primary N) is 1. The van der Waals surface area contributed by atoms with E-state index in [-0.39, 0.29) is 11.8 Å². The zero-order chi connectivity index (χ0) is 14.7. The molecule has 1 fully saturated rings. The Balaban J connectivity index is 2.28. The molecule has 2 amide bonds. The number of piperazine rings is 1. The van der Waals surface area contributed by atoms with Gasteiger partial charge in [0, 0.05) is 24.8 Å². The zero-order valence-corrected chi connectivity index (χ0v) is 11.7. The number of ether oxygens (including phenoxy) is 1. The van der Waals surface area contributed by atoms with Crippen molar-refractivity contribution < 1.29 is 14.3 Å². The molecule has 3 N–H and O–H groups in total. The summed E-state index contributed by atoms with van der Waals surface area (Å²) in [6.07, 6.45) is 0.577. The molecule has 1 aliphatic rings. The van der Waals surface area contributed by atoms with E-state index < -0.39 is 6.04 Å². The molecule has 1 atom stereocenters. The maximum atomic E-state index is 12.6. The number of amides is 2. The van der Waals surface area contributed by atoms with Gasteiger partial charge in [-0.05, 0) is 18.6 Å². The molecule has 20 heavy (non-hydrogen) atoms. The van der Waals surface area contributed by atoms with Crippen LogP contribution >= 0.6 is 0 Å². The van der Waals surface area contributed by atoms with Crippen molar-refractivity contribution in [2.45, 2.75) is 19.4 Å². The SMILES string of the molecule is CCC1C(=O)NCCN1C(=O)c1ccc(OC)cc1N. The van der Waals surface area contributed by atoms with Gasteiger partial charge in [-0.3, -0.25) is 9.59 Å². The molecule has 6 nitrogen and oxygen atoms in total. The molecule has 0 aliphatic carbocycles. The first-order valence-corrected chi connectivity index (χ1v) is 6.60. The van der Waals surface area contributed by atoms with E-state index in [1.54, 1.807) is 30.2 Å². The van der Waals surface area contributed by atoms with Crippen molar-refractivity contribution in [3.05, 3.63) is 23.8 Å². The second kappa shape index (κ2) is 5.81. The number of nitrogen functional groups attached to an aromatic ring is 1. The Labute approximate surface area is 117 Å². The van der Waals surface area contributed by atoms with Crippen LogP contribution in [0, 0.1) is 0 Å². The number of hydrogen-bond donors (Lipinski definition) is 2. The van der Waals surface area contributed by atoms with Crippen molar-refractivity contribution in [2.75, 3.05) is 25.9 Å². The van der Waals surface area contributed by atoms with E-state index >= 15 is 0 Å². The molecule has 0 spiro atoms. The molecule has 1 aliphatic heterocycles. The second-order valence-electron chi connectivity index (χ2n) is 4.67. The number of benzene rings is 1. The number of rotatable bonds is 3. The molecule has 0 bridgehead atoms. The number of methoxy groups -OCH3 is 1. The third-order valence-corrected chi connectivity index (χ3v) is 3.47. The summed E-state index contributed by atoms with van der Waals surface area (Å²) in [5.74, 6) is 0.272. The van der Waals surface area contributed by atoms with Gasteiger partial charge >= 0.3 is 0 Å². The van der Waals surface area contributed by atoms with Crippen LogP contribution in [-0.2, 0) is 4.79 Å². The molecule has 6 heteroatoms. The van der Waals surface area contributed by atoms with E-state index in [2.05, 4.69) is 5.32 Å². The Morgan fingerprint density at radius 2 is 2.30 bits per heavy atom. The Bertz CT molecular complexity index is 530. The number of hydrogen-bond acceptors (Lipinski definition) is 4. The summed E-state index contributed by atoms with van der Waals surface area (Å²) in [5, 5.41) is 2.77. The number of nitrogens with one attached hydrogen (secondary N) is 1. The first kappa shape index (κ1) is 14.2. The summed E-state index contributed by atoms with van der Waals surface area (Å²) in [6.45, 7) is 2.85. The summed E-state index contributed by atoms with van der Waals surface area (Å²) in [7, 11) is 1.54. The van der Waals surface area contributed by atoms with E-state index in [1.807, 2.05) is 6.92 Å². The number of carbonyl (C=O) groups excluding carboxylic acids is 2. The van der Waals surface area contributed by atoms with Gasteiger partial charge in [0.25, 0.3) is 5.91 Å². The molecule has 1 saturated heterocycles. The molecule has 0 aromatic heterocycles. The van der Waals surface area contributed by atoms with E-state index in [0.717, 1.165) is 0 Å². The maximum Gasteiger partial charge on any atom is 0.256 e. The highest BCUT2D eigenvalue weighted by Gasteiger charge is 2.32. The lowest BCUT2D eigenvalue weighted by molar-refractivity contribution is -0.127. The predicted octanol–water partition coefficient (Wildman–Crippen LogP) is 0.628. The Hall–Kier alpha value is -2.24. The summed E-state index contributed by atoms with van der Waals surface area (Å²) < 4.78 is 5.07. The lowest BCUT2D eigenvalue weighted by atomic mass is 10.1. The molecule has 0 radical (unpaired) electrons. The third kappa shape index (κ3) is 2.54. The molecule has 2 rings (SSSR count). The Morgan fingerprint density at radius 1 is 1.55 bits per heavy atom. The van der Waals surface area contributed by atoms with Gasteiger partial charge in [-0.15, -0.1) is 0 Å². The van der Waals surface area contributed by atoms with Gasteiger partial charge in [-0.25, -0.2) is 0 Å². The highest BCUT2D eigenvalue weighted by Crippen LogP contribution is 2.22. The summed E-state index contributed by atoms with van der Waals surface area (Å²) in [5.41, 5.74) is 6.66. The standard InChI is InChI=1S/C14H19N3O3/c1-3-12-13(18)16-6-7-17(12)14(19)10-5-4-9(20-2)8-11(10)15/h4-5,8,12H,3,6-7,15H2,1-2H3,(H,16,18). The first-order chi connectivity index (χ1) is 9.58. The summed E-state index contributed by atoms with van der Waals surface area (Å²) in [4.78, 5) is 25.9. The molecule has 1 unspecified atom stereocenters. The van der Waals surface area contributed by atoms with Crippen LogP contribution < -0.4 is 15.8 Å². The molecular formula is C14H19N3O3. The van der Waals surface area contributed by atoms with Gasteiger partial charge in [0.05, 0.1) is 12.7 Å². The van der Waals surface area contributed by atoms with Crippen LogP contribution in [-0.4, -0.2) is 43.0 Å². The van der Waals surface area contributed by atoms with Gasteiger partial charge in [0.15, 0.2) is 0 Å². The predicted molar refractivity (Wildman–Crippen MR) is 75.5 cm³/mol. The molecule has 1 heterocycles. The first-order valence-electron chi connectivity index (χ1n) is 6.60. The summed E-state index contributed by atoms with van der Waals surface area (Å²) in [6, 6.07) is 4.50. The van der Waals surface area contributed by atoms with Crippen LogP contribution in [0.3, 0.4) is 0 Å². The monoisotopic (exact) mass is 277 g/mol. The van der Waals surface area contributed by atoms with Gasteiger partial charge in [0.1, 0.15) is 11.8 Å². The van der Waals surface area contributed by atoms with Crippen LogP contribution in [0.15, 0.2) is 18.2 Å². The second-order valence-corrected chi connectivity index (χ2v) is 4.67. The largest absolute Gasteiger partial charge is 0.497 e. The van der Waals surface area contributed by atoms with E-state index in [9.17, 15) is 9.59 Å². The third-order valence-electron chi connectivity index (χ3n) is 3.47. The number of anilines is 1. The van der Waals surface area contributed by atoms with Crippen molar-refractivity contribution >= 4 is 17.5 Å². The lowest BCUT2D eigenvalue weighted by Gasteiger charge is -2.34. The summed E-state index contributed by atoms with van der Waals surface area (Å²) >= 11 is 0. The van der Waals surface area contributed by atoms with Crippen molar-refractivity contribution in [1.82, 2.24) is 10.2 Å². The molecular weight excluding hydrogens is 258 g/mol. The van der Waals surface area contributed by atoms with Crippen LogP contribution in [0.1, 0.15) is 23.7 Å². The molecule has 1 aromatic rings. The zero-order valence-electron chi connectivity index (χ0n) is 11.7. The fraction of sp³-hybridized carbons (Fsp3) is 0.429. The van der Waals surface area contributed by atoms with Crippen LogP contribution in [0.2, 0.25) is 0 Å². The average Bonchev–Trinajstić information content (AvgIpc) is 2.46. The maximum absolute atomic E-state index is 12.6. The number of nitrogens with zero attached hydrogens (tertiary/aromatic N) is 1. The van der Waals surface area contributed by atoms with Gasteiger partial charge in [-0.1, -0.05) is 6.92 Å². The van der Waals surface area contributed by atoms with Crippen molar-refractivity contribution in [3.8, 4) is 5.75 Å². The van der Waals surface area contributed by atoms with Gasteiger partial charge < -0.3 is 20.7 Å². The van der Waals surface area contributed by atoms with Crippen molar-refractivity contribution in [3.63, 3.8) is 0 Å². The quantitative estimate of drug-likeness (QED) is 0.794. The average molecular weight is 277 g/mol. The minimum atomic E-state index is -0.433. The minimum Gasteiger partial charge on any atom is -0.497 e. The van der Waals surface area contributed by atoms with Crippen molar-refractivity contribution in [1.29, 1.82) is 0 Å². The fourth-order valence-corrected chi connectivity index (χ4v) is 2.38. The molecule has 1 aromatic carbocycles. The molecule has 108 valence electrons. The Kier molecular flexibility index (Phi) is 4.12. The molecule has 0 saturated carbocycles. The van der Waals surface area contributed by atoms with E-state index in [1.165, 1.54) is 0 Å². The topological polar surface area (TPSA) is 84.7 Å². The smallest absolute Gasteiger partial charge is 0.256 e. The van der Waals surface area contributed by atoms with Crippen LogP contribution in [0.25, 0.3) is 0 Å². The minimum absolute atomic E-state index is 0.112. The fourth-order valence-electron chi connectivity index (χ4n) is 2.38. The highest BCUT2D eigenvalue weighted by molar-refractivity contribution is 6.02. The normalized spacial score (nSPS) is 18.6. The lowest BCUT2D eigenvalue weighted by Crippen LogP contribution is -2.56. The number of carbonyl (C=O) groups is 2.